The standard InChI is InChI=1S/C13H15NO2/c1-9-4-5-11(10(2)6-9)7-12(8-14)13(15)16-3/h4-6,12H,7H2,1-3H3. The minimum atomic E-state index is -0.716. The molecule has 1 aromatic rings. The van der Waals surface area contributed by atoms with Crippen LogP contribution in [0.4, 0.5) is 0 Å². The molecule has 3 heteroatoms. The van der Waals surface area contributed by atoms with Gasteiger partial charge >= 0.3 is 5.97 Å². The lowest BCUT2D eigenvalue weighted by molar-refractivity contribution is -0.143. The Bertz CT molecular complexity index is 432. The van der Waals surface area contributed by atoms with Gasteiger partial charge in [0.15, 0.2) is 0 Å². The molecule has 0 heterocycles. The second-order valence-corrected chi connectivity index (χ2v) is 3.84. The summed E-state index contributed by atoms with van der Waals surface area (Å²) in [4.78, 5) is 11.3. The Balaban J connectivity index is 2.87. The number of benzene rings is 1. The maximum absolute atomic E-state index is 11.3. The molecule has 0 spiro atoms. The highest BCUT2D eigenvalue weighted by Crippen LogP contribution is 2.15. The summed E-state index contributed by atoms with van der Waals surface area (Å²) in [6.45, 7) is 3.99. The molecular formula is C13H15NO2. The fourth-order valence-corrected chi connectivity index (χ4v) is 1.62. The van der Waals surface area contributed by atoms with Crippen molar-refractivity contribution >= 4 is 5.97 Å². The van der Waals surface area contributed by atoms with Gasteiger partial charge in [0, 0.05) is 0 Å². The fourth-order valence-electron chi connectivity index (χ4n) is 1.62. The van der Waals surface area contributed by atoms with E-state index < -0.39 is 11.9 Å². The quantitative estimate of drug-likeness (QED) is 0.729. The number of carbonyl (C=O) groups is 1. The number of ether oxygens (including phenoxy) is 1. The molecule has 1 unspecified atom stereocenters. The third kappa shape index (κ3) is 2.83. The van der Waals surface area contributed by atoms with Crippen molar-refractivity contribution in [3.63, 3.8) is 0 Å². The van der Waals surface area contributed by atoms with Crippen LogP contribution in [-0.2, 0) is 16.0 Å². The average Bonchev–Trinajstić information content (AvgIpc) is 2.27. The molecule has 1 atom stereocenters. The molecule has 3 nitrogen and oxygen atoms in total. The number of esters is 1. The Morgan fingerprint density at radius 1 is 1.50 bits per heavy atom. The first-order valence-corrected chi connectivity index (χ1v) is 5.12. The van der Waals surface area contributed by atoms with Gasteiger partial charge in [0.1, 0.15) is 5.92 Å². The van der Waals surface area contributed by atoms with E-state index in [9.17, 15) is 4.79 Å². The first kappa shape index (κ1) is 12.3. The van der Waals surface area contributed by atoms with Gasteiger partial charge in [0.05, 0.1) is 13.2 Å². The molecule has 1 rings (SSSR count). The van der Waals surface area contributed by atoms with Crippen LogP contribution in [0.25, 0.3) is 0 Å². The van der Waals surface area contributed by atoms with Crippen LogP contribution in [0.1, 0.15) is 16.7 Å². The van der Waals surface area contributed by atoms with Crippen LogP contribution in [0.3, 0.4) is 0 Å². The van der Waals surface area contributed by atoms with Gasteiger partial charge < -0.3 is 4.74 Å². The number of hydrogen-bond donors (Lipinski definition) is 0. The van der Waals surface area contributed by atoms with E-state index in [1.165, 1.54) is 12.7 Å². The Morgan fingerprint density at radius 2 is 2.19 bits per heavy atom. The molecule has 0 saturated heterocycles. The minimum absolute atomic E-state index is 0.412. The van der Waals surface area contributed by atoms with E-state index in [1.807, 2.05) is 38.1 Å². The molecule has 0 aliphatic carbocycles. The summed E-state index contributed by atoms with van der Waals surface area (Å²) in [5, 5.41) is 8.88. The van der Waals surface area contributed by atoms with Gasteiger partial charge in [-0.15, -0.1) is 0 Å². The Kier molecular flexibility index (Phi) is 4.07. The Hall–Kier alpha value is -1.82. The molecule has 0 aliphatic heterocycles. The first-order valence-electron chi connectivity index (χ1n) is 5.12. The summed E-state index contributed by atoms with van der Waals surface area (Å²) in [6, 6.07) is 7.95. The van der Waals surface area contributed by atoms with E-state index in [1.54, 1.807) is 0 Å². The Morgan fingerprint density at radius 3 is 2.69 bits per heavy atom. The normalized spacial score (nSPS) is 11.6. The van der Waals surface area contributed by atoms with E-state index >= 15 is 0 Å². The summed E-state index contributed by atoms with van der Waals surface area (Å²) in [6.07, 6.45) is 0.412. The smallest absolute Gasteiger partial charge is 0.323 e. The predicted octanol–water partition coefficient (Wildman–Crippen LogP) is 2.16. The van der Waals surface area contributed by atoms with Gasteiger partial charge in [0.25, 0.3) is 0 Å². The lowest BCUT2D eigenvalue weighted by atomic mass is 9.96. The average molecular weight is 217 g/mol. The highest BCUT2D eigenvalue weighted by Gasteiger charge is 2.19. The van der Waals surface area contributed by atoms with Crippen LogP contribution >= 0.6 is 0 Å². The Labute approximate surface area is 95.7 Å². The van der Waals surface area contributed by atoms with E-state index in [4.69, 9.17) is 5.26 Å². The van der Waals surface area contributed by atoms with Crippen LogP contribution in [0.2, 0.25) is 0 Å². The second kappa shape index (κ2) is 5.32. The van der Waals surface area contributed by atoms with Gasteiger partial charge in [-0.05, 0) is 31.4 Å². The number of nitrogens with zero attached hydrogens (tertiary/aromatic N) is 1. The van der Waals surface area contributed by atoms with Gasteiger partial charge in [0.2, 0.25) is 0 Å². The van der Waals surface area contributed by atoms with Crippen LogP contribution in [0, 0.1) is 31.1 Å². The van der Waals surface area contributed by atoms with Gasteiger partial charge in [-0.1, -0.05) is 23.8 Å². The van der Waals surface area contributed by atoms with Crippen molar-refractivity contribution in [3.05, 3.63) is 34.9 Å². The fraction of sp³-hybridized carbons (Fsp3) is 0.385. The number of aryl methyl sites for hydroxylation is 2. The second-order valence-electron chi connectivity index (χ2n) is 3.84. The molecule has 0 fully saturated rings. The molecule has 1 aromatic carbocycles. The molecule has 0 N–H and O–H groups in total. The minimum Gasteiger partial charge on any atom is -0.468 e. The van der Waals surface area contributed by atoms with Crippen molar-refractivity contribution in [2.45, 2.75) is 20.3 Å². The van der Waals surface area contributed by atoms with Crippen molar-refractivity contribution in [1.29, 1.82) is 5.26 Å². The largest absolute Gasteiger partial charge is 0.468 e. The van der Waals surface area contributed by atoms with Crippen molar-refractivity contribution in [2.24, 2.45) is 5.92 Å². The zero-order valence-corrected chi connectivity index (χ0v) is 9.78. The molecule has 84 valence electrons. The monoisotopic (exact) mass is 217 g/mol. The maximum atomic E-state index is 11.3. The third-order valence-corrected chi connectivity index (χ3v) is 2.56. The van der Waals surface area contributed by atoms with Crippen LogP contribution in [-0.4, -0.2) is 13.1 Å². The highest BCUT2D eigenvalue weighted by molar-refractivity contribution is 5.75. The molecule has 0 bridgehead atoms. The van der Waals surface area contributed by atoms with Crippen molar-refractivity contribution in [2.75, 3.05) is 7.11 Å². The predicted molar refractivity (Wildman–Crippen MR) is 60.7 cm³/mol. The summed E-state index contributed by atoms with van der Waals surface area (Å²) in [7, 11) is 1.30. The lowest BCUT2D eigenvalue weighted by Gasteiger charge is -2.09. The molecular weight excluding hydrogens is 202 g/mol. The third-order valence-electron chi connectivity index (χ3n) is 2.56. The van der Waals surface area contributed by atoms with Crippen LogP contribution < -0.4 is 0 Å². The van der Waals surface area contributed by atoms with Crippen molar-refractivity contribution in [3.8, 4) is 6.07 Å². The molecule has 16 heavy (non-hydrogen) atoms. The molecule has 0 radical (unpaired) electrons. The molecule has 0 amide bonds. The van der Waals surface area contributed by atoms with E-state index in [-0.39, 0.29) is 0 Å². The SMILES string of the molecule is COC(=O)C(C#N)Cc1ccc(C)cc1C. The van der Waals surface area contributed by atoms with Gasteiger partial charge in [-0.25, -0.2) is 0 Å². The van der Waals surface area contributed by atoms with E-state index in [0.717, 1.165) is 11.1 Å². The zero-order chi connectivity index (χ0) is 12.1. The number of methoxy groups -OCH3 is 1. The molecule has 0 aliphatic rings. The summed E-state index contributed by atoms with van der Waals surface area (Å²) < 4.78 is 4.58. The van der Waals surface area contributed by atoms with Crippen molar-refractivity contribution < 1.29 is 9.53 Å². The van der Waals surface area contributed by atoms with Crippen LogP contribution in [0.15, 0.2) is 18.2 Å². The maximum Gasteiger partial charge on any atom is 0.323 e. The van der Waals surface area contributed by atoms with Gasteiger partial charge in [-0.3, -0.25) is 4.79 Å². The molecule has 0 aromatic heterocycles. The number of carbonyl (C=O) groups excluding carboxylic acids is 1. The summed E-state index contributed by atoms with van der Waals surface area (Å²) in [5.41, 5.74) is 3.29. The zero-order valence-electron chi connectivity index (χ0n) is 9.78. The number of rotatable bonds is 3. The first-order chi connectivity index (χ1) is 7.58. The summed E-state index contributed by atoms with van der Waals surface area (Å²) in [5.74, 6) is -1.19. The molecule has 0 saturated carbocycles. The number of hydrogen-bond acceptors (Lipinski definition) is 3. The van der Waals surface area contributed by atoms with Crippen molar-refractivity contribution in [1.82, 2.24) is 0 Å². The lowest BCUT2D eigenvalue weighted by Crippen LogP contribution is -2.17. The van der Waals surface area contributed by atoms with E-state index in [2.05, 4.69) is 4.74 Å². The van der Waals surface area contributed by atoms with E-state index in [0.29, 0.717) is 6.42 Å². The van der Waals surface area contributed by atoms with Crippen LogP contribution in [0.5, 0.6) is 0 Å². The highest BCUT2D eigenvalue weighted by atomic mass is 16.5. The topological polar surface area (TPSA) is 50.1 Å². The number of nitriles is 1. The van der Waals surface area contributed by atoms with Gasteiger partial charge in [-0.2, -0.15) is 5.26 Å². The summed E-state index contributed by atoms with van der Waals surface area (Å²) >= 11 is 0.